The van der Waals surface area contributed by atoms with Crippen LogP contribution >= 0.6 is 12.2 Å². The van der Waals surface area contributed by atoms with Gasteiger partial charge in [0, 0.05) is 23.1 Å². The van der Waals surface area contributed by atoms with Crippen LogP contribution in [0.2, 0.25) is 0 Å². The third-order valence-corrected chi connectivity index (χ3v) is 8.94. The van der Waals surface area contributed by atoms with Crippen LogP contribution in [-0.4, -0.2) is 68.7 Å². The van der Waals surface area contributed by atoms with Gasteiger partial charge in [0.15, 0.2) is 10.9 Å². The normalized spacial score (nSPS) is 17.4. The summed E-state index contributed by atoms with van der Waals surface area (Å²) < 4.78 is 12.4. The van der Waals surface area contributed by atoms with Gasteiger partial charge < -0.3 is 40.7 Å². The summed E-state index contributed by atoms with van der Waals surface area (Å²) in [6, 6.07) is 21.5. The van der Waals surface area contributed by atoms with E-state index in [2.05, 4.69) is 10.3 Å². The van der Waals surface area contributed by atoms with Crippen molar-refractivity contribution in [3.8, 4) is 28.7 Å². The van der Waals surface area contributed by atoms with Crippen molar-refractivity contribution in [2.75, 3.05) is 24.6 Å². The van der Waals surface area contributed by atoms with Crippen LogP contribution in [0.1, 0.15) is 45.5 Å². The Hall–Kier alpha value is -6.08. The van der Waals surface area contributed by atoms with E-state index in [1.807, 2.05) is 19.1 Å². The summed E-state index contributed by atoms with van der Waals surface area (Å²) in [5.74, 6) is -0.161. The van der Waals surface area contributed by atoms with E-state index in [9.17, 15) is 24.9 Å². The molecule has 3 aliphatic rings. The van der Waals surface area contributed by atoms with Gasteiger partial charge in [0.2, 0.25) is 0 Å². The molecule has 0 radical (unpaired) electrons. The fourth-order valence-electron chi connectivity index (χ4n) is 6.39. The van der Waals surface area contributed by atoms with Gasteiger partial charge in [-0.2, -0.15) is 0 Å². The van der Waals surface area contributed by atoms with Gasteiger partial charge in [-0.05, 0) is 72.7 Å². The largest absolute Gasteiger partial charge is 0.508 e. The zero-order valence-electron chi connectivity index (χ0n) is 26.2. The maximum Gasteiger partial charge on any atom is 0.335 e. The minimum Gasteiger partial charge on any atom is -0.508 e. The summed E-state index contributed by atoms with van der Waals surface area (Å²) in [6.45, 7) is 2.41. The van der Waals surface area contributed by atoms with Gasteiger partial charge in [-0.3, -0.25) is 14.7 Å². The number of carboxylic acid groups (broad SMARTS) is 1. The number of aromatic carboxylic acids is 1. The standard InChI is InChI=1S/C36H31N5O7S/c1-19-34(44)41-18-27(38-17-30(41)39-19)20-6-9-22(10-7-20)47-15-14-40(36(37)49)32-28(43)13-12-26-31(23-4-2-3-5-24(23)35(45)46)25-11-8-21(42)16-29(25)48-33(26)32/h2-13,16-17,19,31,39,42-43H,14-15,18H2,1H3,(H2,37,49)(H,45,46)/t19?,31-/m0/s1. The number of fused-ring (bicyclic) bond motifs is 3. The Morgan fingerprint density at radius 2 is 1.84 bits per heavy atom. The van der Waals surface area contributed by atoms with Crippen LogP contribution in [0.5, 0.6) is 28.7 Å². The first-order chi connectivity index (χ1) is 23.6. The molecule has 248 valence electrons. The van der Waals surface area contributed by atoms with E-state index in [1.54, 1.807) is 53.6 Å². The molecule has 3 heterocycles. The number of rotatable bonds is 8. The SMILES string of the molecule is CC1NC2=CN=C(c3ccc(OCCN(C(N)=S)c4c(O)ccc5c4Oc4cc(O)ccc4[C@@H]5c4ccccc4C(=O)O)cc3)CN2C1=O. The van der Waals surface area contributed by atoms with Crippen LogP contribution in [0.4, 0.5) is 5.69 Å². The van der Waals surface area contributed by atoms with E-state index in [0.717, 1.165) is 11.3 Å². The monoisotopic (exact) mass is 677 g/mol. The van der Waals surface area contributed by atoms with Crippen LogP contribution in [0.15, 0.2) is 95.9 Å². The molecule has 3 aliphatic heterocycles. The van der Waals surface area contributed by atoms with E-state index >= 15 is 0 Å². The highest BCUT2D eigenvalue weighted by molar-refractivity contribution is 7.80. The van der Waals surface area contributed by atoms with Crippen LogP contribution < -0.4 is 25.4 Å². The number of anilines is 1. The average molecular weight is 678 g/mol. The number of aromatic hydroxyl groups is 2. The fraction of sp³-hybridized carbons (Fsp3) is 0.167. The highest BCUT2D eigenvalue weighted by atomic mass is 32.1. The van der Waals surface area contributed by atoms with Crippen LogP contribution in [-0.2, 0) is 4.79 Å². The van der Waals surface area contributed by atoms with Crippen LogP contribution in [0.25, 0.3) is 0 Å². The van der Waals surface area contributed by atoms with Crippen molar-refractivity contribution in [1.29, 1.82) is 0 Å². The number of benzene rings is 4. The molecule has 6 N–H and O–H groups in total. The maximum atomic E-state index is 12.5. The smallest absolute Gasteiger partial charge is 0.335 e. The maximum absolute atomic E-state index is 12.5. The first kappa shape index (κ1) is 31.5. The number of hydrogen-bond acceptors (Lipinski definition) is 9. The molecule has 0 bridgehead atoms. The summed E-state index contributed by atoms with van der Waals surface area (Å²) in [4.78, 5) is 32.4. The molecule has 12 nitrogen and oxygen atoms in total. The summed E-state index contributed by atoms with van der Waals surface area (Å²) in [5.41, 5.74) is 9.81. The highest BCUT2D eigenvalue weighted by Crippen LogP contribution is 2.54. The van der Waals surface area contributed by atoms with Crippen molar-refractivity contribution < 1.29 is 34.4 Å². The van der Waals surface area contributed by atoms with E-state index in [0.29, 0.717) is 34.8 Å². The average Bonchev–Trinajstić information content (AvgIpc) is 3.38. The summed E-state index contributed by atoms with van der Waals surface area (Å²) in [6.07, 6.45) is 1.66. The number of carboxylic acids is 1. The number of amides is 1. The molecule has 0 saturated carbocycles. The number of nitrogens with zero attached hydrogens (tertiary/aromatic N) is 3. The number of aliphatic imine (C=N–C) groups is 1. The lowest BCUT2D eigenvalue weighted by molar-refractivity contribution is -0.127. The van der Waals surface area contributed by atoms with Gasteiger partial charge in [0.1, 0.15) is 47.2 Å². The van der Waals surface area contributed by atoms with E-state index < -0.39 is 11.9 Å². The lowest BCUT2D eigenvalue weighted by Crippen LogP contribution is -2.39. The minimum atomic E-state index is -1.09. The topological polar surface area (TPSA) is 170 Å². The first-order valence-corrected chi connectivity index (χ1v) is 15.9. The van der Waals surface area contributed by atoms with Crippen molar-refractivity contribution in [3.05, 3.63) is 119 Å². The number of carbonyl (C=O) groups is 2. The second-order valence-electron chi connectivity index (χ2n) is 11.7. The van der Waals surface area contributed by atoms with E-state index in [4.69, 9.17) is 27.4 Å². The highest BCUT2D eigenvalue weighted by Gasteiger charge is 2.36. The van der Waals surface area contributed by atoms with Crippen LogP contribution in [0.3, 0.4) is 0 Å². The van der Waals surface area contributed by atoms with Crippen molar-refractivity contribution >= 4 is 40.6 Å². The number of phenolic OH excluding ortho intramolecular Hbond substituents is 2. The third kappa shape index (κ3) is 5.74. The molecule has 1 saturated heterocycles. The Morgan fingerprint density at radius 1 is 1.08 bits per heavy atom. The lowest BCUT2D eigenvalue weighted by atomic mass is 9.80. The molecule has 0 spiro atoms. The number of thiocarbonyl (C=S) groups is 1. The second kappa shape index (κ2) is 12.5. The Kier molecular flexibility index (Phi) is 8.04. The predicted molar refractivity (Wildman–Crippen MR) is 186 cm³/mol. The molecule has 4 aromatic rings. The Bertz CT molecular complexity index is 2080. The van der Waals surface area contributed by atoms with E-state index in [-0.39, 0.29) is 64.5 Å². The molecule has 49 heavy (non-hydrogen) atoms. The van der Waals surface area contributed by atoms with Crippen molar-refractivity contribution in [2.45, 2.75) is 18.9 Å². The minimum absolute atomic E-state index is 0.0000446. The molecule has 1 unspecified atom stereocenters. The lowest BCUT2D eigenvalue weighted by Gasteiger charge is -2.34. The predicted octanol–water partition coefficient (Wildman–Crippen LogP) is 4.63. The number of hydrogen-bond donors (Lipinski definition) is 5. The molecule has 4 aromatic carbocycles. The number of phenols is 2. The number of ether oxygens (including phenoxy) is 2. The summed E-state index contributed by atoms with van der Waals surface area (Å²) >= 11 is 5.42. The van der Waals surface area contributed by atoms with Gasteiger partial charge in [-0.15, -0.1) is 0 Å². The molecule has 13 heteroatoms. The van der Waals surface area contributed by atoms with Gasteiger partial charge in [0.05, 0.1) is 30.6 Å². The van der Waals surface area contributed by atoms with Gasteiger partial charge in [0.25, 0.3) is 5.91 Å². The zero-order valence-corrected chi connectivity index (χ0v) is 27.0. The Morgan fingerprint density at radius 3 is 2.59 bits per heavy atom. The van der Waals surface area contributed by atoms with Crippen molar-refractivity contribution in [2.24, 2.45) is 10.7 Å². The van der Waals surface area contributed by atoms with Crippen molar-refractivity contribution in [1.82, 2.24) is 10.2 Å². The number of carbonyl (C=O) groups excluding carboxylic acids is 1. The molecule has 2 atom stereocenters. The zero-order chi connectivity index (χ0) is 34.4. The summed E-state index contributed by atoms with van der Waals surface area (Å²) in [5, 5.41) is 34.6. The quantitative estimate of drug-likeness (QED) is 0.145. The van der Waals surface area contributed by atoms with Gasteiger partial charge in [-0.25, -0.2) is 4.79 Å². The van der Waals surface area contributed by atoms with Gasteiger partial charge >= 0.3 is 5.97 Å². The van der Waals surface area contributed by atoms with Crippen LogP contribution in [0, 0.1) is 0 Å². The van der Waals surface area contributed by atoms with E-state index in [1.165, 1.54) is 29.2 Å². The third-order valence-electron chi connectivity index (χ3n) is 8.72. The molecule has 0 aromatic heterocycles. The molecule has 7 rings (SSSR count). The van der Waals surface area contributed by atoms with Gasteiger partial charge in [-0.1, -0.05) is 30.3 Å². The molecule has 1 fully saturated rings. The van der Waals surface area contributed by atoms with Crippen molar-refractivity contribution in [3.63, 3.8) is 0 Å². The first-order valence-electron chi connectivity index (χ1n) is 15.4. The fourth-order valence-corrected chi connectivity index (χ4v) is 6.57. The Labute approximate surface area is 286 Å². The molecular weight excluding hydrogens is 646 g/mol. The number of nitrogens with one attached hydrogen (secondary N) is 1. The molecule has 1 amide bonds. The number of nitrogens with two attached hydrogens (primary N) is 1. The molecule has 0 aliphatic carbocycles. The second-order valence-corrected chi connectivity index (χ2v) is 12.2. The Balaban J connectivity index is 1.15. The molecular formula is C36H31N5O7S. The summed E-state index contributed by atoms with van der Waals surface area (Å²) in [7, 11) is 0.